The van der Waals surface area contributed by atoms with E-state index >= 15 is 0 Å². The lowest BCUT2D eigenvalue weighted by atomic mass is 10.2. The second kappa shape index (κ2) is 4.68. The number of nitrogens with zero attached hydrogens (tertiary/aromatic N) is 2. The maximum absolute atomic E-state index is 12.1. The van der Waals surface area contributed by atoms with Gasteiger partial charge in [0.1, 0.15) is 11.0 Å². The van der Waals surface area contributed by atoms with Gasteiger partial charge in [0.2, 0.25) is 5.95 Å². The first-order chi connectivity index (χ1) is 8.53. The van der Waals surface area contributed by atoms with E-state index in [1.807, 2.05) is 0 Å². The fourth-order valence-corrected chi connectivity index (χ4v) is 2.71. The molecule has 2 N–H and O–H groups in total. The largest absolute Gasteiger partial charge is 0.330 e. The van der Waals surface area contributed by atoms with Crippen LogP contribution in [0.2, 0.25) is 5.02 Å². The van der Waals surface area contributed by atoms with Gasteiger partial charge in [0.15, 0.2) is 0 Å². The van der Waals surface area contributed by atoms with E-state index in [4.69, 9.17) is 16.9 Å². The minimum atomic E-state index is -3.90. The maximum Gasteiger partial charge on any atom is 0.265 e. The van der Waals surface area contributed by atoms with Gasteiger partial charge in [0.25, 0.3) is 10.0 Å². The molecule has 18 heavy (non-hydrogen) atoms. The van der Waals surface area contributed by atoms with Crippen molar-refractivity contribution in [3.05, 3.63) is 41.2 Å². The zero-order valence-electron chi connectivity index (χ0n) is 8.88. The summed E-state index contributed by atoms with van der Waals surface area (Å²) in [5.74, 6) is 0.0684. The van der Waals surface area contributed by atoms with Crippen molar-refractivity contribution in [2.75, 3.05) is 4.72 Å². The Bertz CT molecular complexity index is 704. The minimum absolute atomic E-state index is 0.0125. The first-order valence-electron chi connectivity index (χ1n) is 4.75. The van der Waals surface area contributed by atoms with Crippen LogP contribution in [0.3, 0.4) is 0 Å². The molecule has 0 bridgehead atoms. The Balaban J connectivity index is 2.48. The maximum atomic E-state index is 12.1. The third-order valence-electron chi connectivity index (χ3n) is 2.08. The van der Waals surface area contributed by atoms with Gasteiger partial charge in [-0.15, -0.1) is 0 Å². The summed E-state index contributed by atoms with van der Waals surface area (Å²) >= 11 is 5.74. The first kappa shape index (κ1) is 12.4. The molecule has 1 heterocycles. The van der Waals surface area contributed by atoms with Gasteiger partial charge >= 0.3 is 0 Å². The van der Waals surface area contributed by atoms with E-state index in [0.717, 1.165) is 0 Å². The van der Waals surface area contributed by atoms with E-state index in [0.29, 0.717) is 0 Å². The molecular formula is C10H7ClN4O2S. The third-order valence-corrected chi connectivity index (χ3v) is 3.70. The molecule has 0 unspecified atom stereocenters. The van der Waals surface area contributed by atoms with Crippen LogP contribution in [0, 0.1) is 11.3 Å². The SMILES string of the molecule is N#Cc1ccc(Cl)cc1S(=O)(=O)Nc1ncc[nH]1. The Labute approximate surface area is 108 Å². The fraction of sp³-hybridized carbons (Fsp3) is 0. The molecule has 0 aliphatic heterocycles. The van der Waals surface area contributed by atoms with Crippen molar-refractivity contribution >= 4 is 27.6 Å². The van der Waals surface area contributed by atoms with E-state index in [2.05, 4.69) is 14.7 Å². The number of H-pyrrole nitrogens is 1. The van der Waals surface area contributed by atoms with Crippen LogP contribution in [0.1, 0.15) is 5.56 Å². The fourth-order valence-electron chi connectivity index (χ4n) is 1.31. The van der Waals surface area contributed by atoms with Gasteiger partial charge in [0, 0.05) is 17.4 Å². The number of imidazole rings is 1. The van der Waals surface area contributed by atoms with E-state index in [-0.39, 0.29) is 21.4 Å². The summed E-state index contributed by atoms with van der Waals surface area (Å²) in [5.41, 5.74) is 0.0125. The van der Waals surface area contributed by atoms with Gasteiger partial charge in [-0.2, -0.15) is 5.26 Å². The average Bonchev–Trinajstić information content (AvgIpc) is 2.81. The van der Waals surface area contributed by atoms with Crippen molar-refractivity contribution in [3.63, 3.8) is 0 Å². The summed E-state index contributed by atoms with van der Waals surface area (Å²) in [4.78, 5) is 6.15. The van der Waals surface area contributed by atoms with Crippen LogP contribution in [-0.2, 0) is 10.0 Å². The standard InChI is InChI=1S/C10H7ClN4O2S/c11-8-2-1-7(6-12)9(5-8)18(16,17)15-10-13-3-4-14-10/h1-5H,(H2,13,14,15). The highest BCUT2D eigenvalue weighted by atomic mass is 35.5. The Morgan fingerprint density at radius 1 is 1.44 bits per heavy atom. The molecule has 0 fully saturated rings. The normalized spacial score (nSPS) is 10.9. The van der Waals surface area contributed by atoms with Crippen molar-refractivity contribution in [2.24, 2.45) is 0 Å². The Morgan fingerprint density at radius 2 is 2.22 bits per heavy atom. The Kier molecular flexibility index (Phi) is 3.23. The van der Waals surface area contributed by atoms with Crippen molar-refractivity contribution in [1.29, 1.82) is 5.26 Å². The summed E-state index contributed by atoms with van der Waals surface area (Å²) < 4.78 is 26.3. The molecule has 2 rings (SSSR count). The van der Waals surface area contributed by atoms with Crippen LogP contribution in [0.4, 0.5) is 5.95 Å². The molecule has 0 aliphatic rings. The van der Waals surface area contributed by atoms with Gasteiger partial charge < -0.3 is 4.98 Å². The zero-order valence-corrected chi connectivity index (χ0v) is 10.5. The lowest BCUT2D eigenvalue weighted by Crippen LogP contribution is -2.15. The summed E-state index contributed by atoms with van der Waals surface area (Å²) in [6, 6.07) is 5.81. The molecule has 0 radical (unpaired) electrons. The number of aromatic amines is 1. The predicted molar refractivity (Wildman–Crippen MR) is 65.6 cm³/mol. The van der Waals surface area contributed by atoms with Crippen LogP contribution in [0.5, 0.6) is 0 Å². The molecule has 6 nitrogen and oxygen atoms in total. The van der Waals surface area contributed by atoms with Gasteiger partial charge in [0.05, 0.1) is 5.56 Å². The number of hydrogen-bond donors (Lipinski definition) is 2. The molecular weight excluding hydrogens is 276 g/mol. The number of hydrogen-bond acceptors (Lipinski definition) is 4. The van der Waals surface area contributed by atoms with Crippen molar-refractivity contribution in [1.82, 2.24) is 9.97 Å². The minimum Gasteiger partial charge on any atom is -0.330 e. The van der Waals surface area contributed by atoms with Gasteiger partial charge in [-0.25, -0.2) is 18.1 Å². The Morgan fingerprint density at radius 3 is 2.83 bits per heavy atom. The van der Waals surface area contributed by atoms with Gasteiger partial charge in [-0.1, -0.05) is 11.6 Å². The monoisotopic (exact) mass is 282 g/mol. The zero-order chi connectivity index (χ0) is 13.2. The number of sulfonamides is 1. The summed E-state index contributed by atoms with van der Waals surface area (Å²) in [7, 11) is -3.90. The van der Waals surface area contributed by atoms with Crippen LogP contribution in [-0.4, -0.2) is 18.4 Å². The van der Waals surface area contributed by atoms with E-state index in [9.17, 15) is 8.42 Å². The number of aromatic nitrogens is 2. The van der Waals surface area contributed by atoms with Gasteiger partial charge in [-0.3, -0.25) is 0 Å². The lowest BCUT2D eigenvalue weighted by molar-refractivity contribution is 0.600. The van der Waals surface area contributed by atoms with Crippen LogP contribution in [0.25, 0.3) is 0 Å². The van der Waals surface area contributed by atoms with Crippen LogP contribution < -0.4 is 4.72 Å². The topological polar surface area (TPSA) is 98.6 Å². The smallest absolute Gasteiger partial charge is 0.265 e. The molecule has 0 amide bonds. The first-order valence-corrected chi connectivity index (χ1v) is 6.61. The second-order valence-corrected chi connectivity index (χ2v) is 5.38. The predicted octanol–water partition coefficient (Wildman–Crippen LogP) is 1.74. The molecule has 92 valence electrons. The lowest BCUT2D eigenvalue weighted by Gasteiger charge is -2.07. The molecule has 1 aromatic carbocycles. The molecule has 0 atom stereocenters. The summed E-state index contributed by atoms with van der Waals surface area (Å²) in [6.45, 7) is 0. The van der Waals surface area contributed by atoms with Gasteiger partial charge in [-0.05, 0) is 18.2 Å². The summed E-state index contributed by atoms with van der Waals surface area (Å²) in [6.07, 6.45) is 2.88. The Hall–Kier alpha value is -2.04. The highest BCUT2D eigenvalue weighted by Gasteiger charge is 2.20. The number of nitrogens with one attached hydrogen (secondary N) is 2. The number of halogens is 1. The quantitative estimate of drug-likeness (QED) is 0.895. The molecule has 1 aromatic heterocycles. The van der Waals surface area contributed by atoms with Crippen LogP contribution in [0.15, 0.2) is 35.5 Å². The highest BCUT2D eigenvalue weighted by Crippen LogP contribution is 2.21. The van der Waals surface area contributed by atoms with E-state index < -0.39 is 10.0 Å². The number of nitriles is 1. The molecule has 0 aliphatic carbocycles. The average molecular weight is 283 g/mol. The second-order valence-electron chi connectivity index (χ2n) is 3.30. The molecule has 0 spiro atoms. The number of anilines is 1. The summed E-state index contributed by atoms with van der Waals surface area (Å²) in [5, 5.41) is 9.12. The van der Waals surface area contributed by atoms with E-state index in [1.165, 1.54) is 30.6 Å². The molecule has 8 heteroatoms. The van der Waals surface area contributed by atoms with Crippen molar-refractivity contribution < 1.29 is 8.42 Å². The number of rotatable bonds is 3. The highest BCUT2D eigenvalue weighted by molar-refractivity contribution is 7.92. The molecule has 0 saturated carbocycles. The van der Waals surface area contributed by atoms with E-state index in [1.54, 1.807) is 6.07 Å². The number of benzene rings is 1. The van der Waals surface area contributed by atoms with Crippen molar-refractivity contribution in [3.8, 4) is 6.07 Å². The van der Waals surface area contributed by atoms with Crippen molar-refractivity contribution in [2.45, 2.75) is 4.90 Å². The molecule has 2 aromatic rings. The van der Waals surface area contributed by atoms with Crippen LogP contribution >= 0.6 is 11.6 Å². The third kappa shape index (κ3) is 2.45. The molecule has 0 saturated heterocycles.